The number of methoxy groups -OCH3 is 1. The predicted molar refractivity (Wildman–Crippen MR) is 166 cm³/mol. The van der Waals surface area contributed by atoms with Crippen molar-refractivity contribution in [2.24, 2.45) is 0 Å². The Morgan fingerprint density at radius 1 is 0.955 bits per heavy atom. The van der Waals surface area contributed by atoms with Crippen molar-refractivity contribution in [3.05, 3.63) is 114 Å². The number of nitrogens with one attached hydrogen (secondary N) is 1. The van der Waals surface area contributed by atoms with Gasteiger partial charge in [0.1, 0.15) is 29.7 Å². The van der Waals surface area contributed by atoms with Gasteiger partial charge in [0.05, 0.1) is 31.7 Å². The van der Waals surface area contributed by atoms with E-state index in [9.17, 15) is 9.59 Å². The fourth-order valence-electron chi connectivity index (χ4n) is 5.35. The Labute approximate surface area is 255 Å². The Morgan fingerprint density at radius 2 is 1.73 bits per heavy atom. The van der Waals surface area contributed by atoms with Crippen LogP contribution in [0.5, 0.6) is 11.5 Å². The molecule has 1 N–H and O–H groups in total. The van der Waals surface area contributed by atoms with E-state index in [-0.39, 0.29) is 31.1 Å². The molecule has 2 unspecified atom stereocenters. The molecule has 6 rings (SSSR count). The number of ether oxygens (including phenoxy) is 3. The molecule has 9 heteroatoms. The molecular weight excluding hydrogens is 558 g/mol. The zero-order valence-electron chi connectivity index (χ0n) is 24.6. The van der Waals surface area contributed by atoms with Gasteiger partial charge in [0.15, 0.2) is 5.58 Å². The highest BCUT2D eigenvalue weighted by atomic mass is 16.5. The topological polar surface area (TPSA) is 103 Å². The van der Waals surface area contributed by atoms with Gasteiger partial charge < -0.3 is 28.8 Å². The number of nitrogens with zero attached hydrogens (tertiary/aromatic N) is 2. The monoisotopic (exact) mass is 591 g/mol. The van der Waals surface area contributed by atoms with Crippen LogP contribution < -0.4 is 14.8 Å². The first-order valence-electron chi connectivity index (χ1n) is 14.5. The van der Waals surface area contributed by atoms with Crippen LogP contribution in [0.15, 0.2) is 101 Å². The SMILES string of the molecule is COC(=O)c1ccc(OCC2CC(Oc3ccccc3)CN2C(=O)Cc2ccc3nc(Nc4ccccc4C)oc3c2)cc1. The van der Waals surface area contributed by atoms with Crippen molar-refractivity contribution in [1.29, 1.82) is 0 Å². The third kappa shape index (κ3) is 6.67. The molecule has 1 saturated heterocycles. The van der Waals surface area contributed by atoms with Crippen molar-refractivity contribution >= 4 is 34.7 Å². The molecule has 0 spiro atoms. The van der Waals surface area contributed by atoms with E-state index in [0.29, 0.717) is 41.4 Å². The Balaban J connectivity index is 1.15. The van der Waals surface area contributed by atoms with Gasteiger partial charge in [-0.15, -0.1) is 0 Å². The second-order valence-electron chi connectivity index (χ2n) is 10.8. The summed E-state index contributed by atoms with van der Waals surface area (Å²) in [5.74, 6) is 0.919. The van der Waals surface area contributed by atoms with Crippen molar-refractivity contribution in [2.45, 2.75) is 31.9 Å². The van der Waals surface area contributed by atoms with E-state index in [1.54, 1.807) is 24.3 Å². The van der Waals surface area contributed by atoms with Gasteiger partial charge in [0.2, 0.25) is 5.91 Å². The van der Waals surface area contributed by atoms with Gasteiger partial charge >= 0.3 is 5.97 Å². The first-order valence-corrected chi connectivity index (χ1v) is 14.5. The van der Waals surface area contributed by atoms with Crippen LogP contribution >= 0.6 is 0 Å². The van der Waals surface area contributed by atoms with Gasteiger partial charge in [-0.05, 0) is 72.6 Å². The predicted octanol–water partition coefficient (Wildman–Crippen LogP) is 6.34. The average Bonchev–Trinajstić information content (AvgIpc) is 3.64. The molecule has 0 aliphatic carbocycles. The number of hydrogen-bond acceptors (Lipinski definition) is 8. The highest BCUT2D eigenvalue weighted by Crippen LogP contribution is 2.28. The zero-order chi connectivity index (χ0) is 30.5. The number of aryl methyl sites for hydroxylation is 1. The van der Waals surface area contributed by atoms with E-state index in [0.717, 1.165) is 22.6 Å². The first kappa shape index (κ1) is 28.8. The lowest BCUT2D eigenvalue weighted by molar-refractivity contribution is -0.132. The van der Waals surface area contributed by atoms with Crippen molar-refractivity contribution in [3.63, 3.8) is 0 Å². The Morgan fingerprint density at radius 3 is 2.50 bits per heavy atom. The van der Waals surface area contributed by atoms with Crippen LogP contribution in [-0.4, -0.2) is 54.2 Å². The standard InChI is InChI=1S/C35H33N3O6/c1-23-8-6-7-11-30(23)36-35-37-31-17-12-24(18-32(31)44-35)19-33(39)38-21-29(43-28-9-4-3-5-10-28)20-26(38)22-42-27-15-13-25(14-16-27)34(40)41-2/h3-18,26,29H,19-22H2,1-2H3,(H,36,37). The number of carbonyl (C=O) groups is 2. The summed E-state index contributed by atoms with van der Waals surface area (Å²) in [5.41, 5.74) is 4.58. The molecular formula is C35H33N3O6. The van der Waals surface area contributed by atoms with E-state index in [1.165, 1.54) is 7.11 Å². The van der Waals surface area contributed by atoms with Crippen LogP contribution in [-0.2, 0) is 16.0 Å². The molecule has 2 atom stereocenters. The summed E-state index contributed by atoms with van der Waals surface area (Å²) in [6.45, 7) is 2.74. The lowest BCUT2D eigenvalue weighted by Gasteiger charge is -2.24. The number of hydrogen-bond donors (Lipinski definition) is 1. The molecule has 1 fully saturated rings. The minimum Gasteiger partial charge on any atom is -0.491 e. The lowest BCUT2D eigenvalue weighted by atomic mass is 10.1. The molecule has 5 aromatic rings. The molecule has 4 aromatic carbocycles. The van der Waals surface area contributed by atoms with Crippen molar-refractivity contribution in [1.82, 2.24) is 9.88 Å². The van der Waals surface area contributed by atoms with Crippen LogP contribution in [0.4, 0.5) is 11.7 Å². The molecule has 9 nitrogen and oxygen atoms in total. The molecule has 1 aliphatic heterocycles. The molecule has 0 radical (unpaired) electrons. The number of benzene rings is 4. The van der Waals surface area contributed by atoms with Crippen LogP contribution in [0.1, 0.15) is 27.9 Å². The molecule has 1 amide bonds. The minimum atomic E-state index is -0.410. The smallest absolute Gasteiger partial charge is 0.337 e. The summed E-state index contributed by atoms with van der Waals surface area (Å²) in [6.07, 6.45) is 0.638. The maximum atomic E-state index is 13.7. The Bertz CT molecular complexity index is 1750. The van der Waals surface area contributed by atoms with Gasteiger partial charge in [-0.3, -0.25) is 4.79 Å². The number of amides is 1. The highest BCUT2D eigenvalue weighted by molar-refractivity contribution is 5.89. The van der Waals surface area contributed by atoms with Crippen LogP contribution in [0.2, 0.25) is 0 Å². The fourth-order valence-corrected chi connectivity index (χ4v) is 5.35. The second-order valence-corrected chi connectivity index (χ2v) is 10.8. The normalized spacial score (nSPS) is 16.1. The van der Waals surface area contributed by atoms with Gasteiger partial charge in [0, 0.05) is 12.1 Å². The van der Waals surface area contributed by atoms with Gasteiger partial charge in [0.25, 0.3) is 6.01 Å². The van der Waals surface area contributed by atoms with Gasteiger partial charge in [-0.25, -0.2) is 4.79 Å². The molecule has 1 aromatic heterocycles. The third-order valence-corrected chi connectivity index (χ3v) is 7.66. The van der Waals surface area contributed by atoms with E-state index in [1.807, 2.05) is 84.6 Å². The summed E-state index contributed by atoms with van der Waals surface area (Å²) in [7, 11) is 1.34. The number of carbonyl (C=O) groups excluding carboxylic acids is 2. The van der Waals surface area contributed by atoms with E-state index in [4.69, 9.17) is 18.6 Å². The number of rotatable bonds is 10. The summed E-state index contributed by atoms with van der Waals surface area (Å²) in [5, 5.41) is 3.23. The zero-order valence-corrected chi connectivity index (χ0v) is 24.6. The number of aromatic nitrogens is 1. The van der Waals surface area contributed by atoms with Gasteiger partial charge in [-0.2, -0.15) is 4.98 Å². The van der Waals surface area contributed by atoms with E-state index >= 15 is 0 Å². The second kappa shape index (κ2) is 12.9. The summed E-state index contributed by atoms with van der Waals surface area (Å²) >= 11 is 0. The van der Waals surface area contributed by atoms with Crippen molar-refractivity contribution < 1.29 is 28.2 Å². The molecule has 1 aliphatic rings. The average molecular weight is 592 g/mol. The largest absolute Gasteiger partial charge is 0.491 e. The van der Waals surface area contributed by atoms with Crippen LogP contribution in [0.25, 0.3) is 11.1 Å². The summed E-state index contributed by atoms with van der Waals surface area (Å²) in [6, 6.07) is 30.1. The quantitative estimate of drug-likeness (QED) is 0.188. The molecule has 0 saturated carbocycles. The molecule has 44 heavy (non-hydrogen) atoms. The number of fused-ring (bicyclic) bond motifs is 1. The van der Waals surface area contributed by atoms with E-state index in [2.05, 4.69) is 10.3 Å². The van der Waals surface area contributed by atoms with Crippen molar-refractivity contribution in [2.75, 3.05) is 25.6 Å². The van der Waals surface area contributed by atoms with Crippen LogP contribution in [0, 0.1) is 6.92 Å². The van der Waals surface area contributed by atoms with Gasteiger partial charge in [-0.1, -0.05) is 42.5 Å². The summed E-state index contributed by atoms with van der Waals surface area (Å²) < 4.78 is 23.1. The Kier molecular flexibility index (Phi) is 8.45. The van der Waals surface area contributed by atoms with E-state index < -0.39 is 5.97 Å². The number of anilines is 2. The highest BCUT2D eigenvalue weighted by Gasteiger charge is 2.37. The van der Waals surface area contributed by atoms with Crippen LogP contribution in [0.3, 0.4) is 0 Å². The number of esters is 1. The third-order valence-electron chi connectivity index (χ3n) is 7.66. The molecule has 224 valence electrons. The number of oxazole rings is 1. The summed E-state index contributed by atoms with van der Waals surface area (Å²) in [4.78, 5) is 31.9. The maximum absolute atomic E-state index is 13.7. The molecule has 0 bridgehead atoms. The lowest BCUT2D eigenvalue weighted by Crippen LogP contribution is -2.40. The van der Waals surface area contributed by atoms with Crippen molar-refractivity contribution in [3.8, 4) is 11.5 Å². The first-order chi connectivity index (χ1) is 21.4. The minimum absolute atomic E-state index is 0.0316. The molecule has 2 heterocycles. The number of para-hydroxylation sites is 2. The maximum Gasteiger partial charge on any atom is 0.337 e. The Hall–Kier alpha value is -5.31. The number of likely N-dealkylation sites (tertiary alicyclic amines) is 1. The fraction of sp³-hybridized carbons (Fsp3) is 0.229.